The lowest BCUT2D eigenvalue weighted by atomic mass is 9.97. The zero-order chi connectivity index (χ0) is 12.3. The van der Waals surface area contributed by atoms with Gasteiger partial charge in [0.1, 0.15) is 0 Å². The molecular formula is C15H17NO. The Kier molecular flexibility index (Phi) is 3.57. The van der Waals surface area contributed by atoms with Gasteiger partial charge in [0.05, 0.1) is 12.6 Å². The molecule has 0 amide bonds. The Bertz CT molecular complexity index is 508. The summed E-state index contributed by atoms with van der Waals surface area (Å²) >= 11 is 0. The van der Waals surface area contributed by atoms with Crippen LogP contribution in [0.25, 0.3) is 11.1 Å². The van der Waals surface area contributed by atoms with Crippen molar-refractivity contribution < 1.29 is 5.11 Å². The molecule has 0 saturated heterocycles. The van der Waals surface area contributed by atoms with Crippen molar-refractivity contribution in [3.8, 4) is 11.1 Å². The fraction of sp³-hybridized carbons (Fsp3) is 0.200. The SMILES string of the molecule is Cc1ccccc1-c1cccc([C@@H](N)CO)c1. The van der Waals surface area contributed by atoms with Gasteiger partial charge in [-0.1, -0.05) is 42.5 Å². The second kappa shape index (κ2) is 5.13. The van der Waals surface area contributed by atoms with Crippen molar-refractivity contribution in [1.29, 1.82) is 0 Å². The summed E-state index contributed by atoms with van der Waals surface area (Å²) in [4.78, 5) is 0. The number of nitrogens with two attached hydrogens (primary N) is 1. The second-order valence-corrected chi connectivity index (χ2v) is 4.23. The first-order chi connectivity index (χ1) is 8.22. The molecule has 0 heterocycles. The van der Waals surface area contributed by atoms with E-state index in [1.807, 2.05) is 30.3 Å². The fourth-order valence-electron chi connectivity index (χ4n) is 1.94. The van der Waals surface area contributed by atoms with E-state index in [0.29, 0.717) is 0 Å². The molecule has 0 aliphatic rings. The molecular weight excluding hydrogens is 210 g/mol. The van der Waals surface area contributed by atoms with Gasteiger partial charge in [0.25, 0.3) is 0 Å². The monoisotopic (exact) mass is 227 g/mol. The smallest absolute Gasteiger partial charge is 0.0624 e. The Morgan fingerprint density at radius 3 is 2.59 bits per heavy atom. The number of rotatable bonds is 3. The number of aliphatic hydroxyl groups excluding tert-OH is 1. The van der Waals surface area contributed by atoms with Crippen molar-refractivity contribution in [1.82, 2.24) is 0 Å². The Morgan fingerprint density at radius 1 is 1.12 bits per heavy atom. The minimum absolute atomic E-state index is 0.0305. The van der Waals surface area contributed by atoms with Crippen LogP contribution in [0, 0.1) is 6.92 Å². The molecule has 0 saturated carbocycles. The maximum absolute atomic E-state index is 9.08. The molecule has 2 heteroatoms. The average molecular weight is 227 g/mol. The molecule has 17 heavy (non-hydrogen) atoms. The van der Waals surface area contributed by atoms with Crippen LogP contribution in [0.5, 0.6) is 0 Å². The average Bonchev–Trinajstić information content (AvgIpc) is 2.38. The molecule has 2 aromatic rings. The predicted molar refractivity (Wildman–Crippen MR) is 70.6 cm³/mol. The van der Waals surface area contributed by atoms with E-state index in [1.54, 1.807) is 0 Å². The van der Waals surface area contributed by atoms with Gasteiger partial charge in [-0.25, -0.2) is 0 Å². The van der Waals surface area contributed by atoms with Crippen LogP contribution < -0.4 is 5.73 Å². The zero-order valence-electron chi connectivity index (χ0n) is 9.93. The molecule has 2 aromatic carbocycles. The molecule has 0 aliphatic heterocycles. The van der Waals surface area contributed by atoms with Crippen LogP contribution in [0.1, 0.15) is 17.2 Å². The number of aliphatic hydroxyl groups is 1. The highest BCUT2D eigenvalue weighted by Crippen LogP contribution is 2.25. The van der Waals surface area contributed by atoms with Gasteiger partial charge in [-0.2, -0.15) is 0 Å². The molecule has 1 atom stereocenters. The highest BCUT2D eigenvalue weighted by molar-refractivity contribution is 5.67. The second-order valence-electron chi connectivity index (χ2n) is 4.23. The standard InChI is InChI=1S/C15H17NO/c1-11-5-2-3-8-14(11)12-6-4-7-13(9-12)15(16)10-17/h2-9,15,17H,10,16H2,1H3/t15-/m0/s1. The Labute approximate surface area is 102 Å². The molecule has 0 radical (unpaired) electrons. The van der Waals surface area contributed by atoms with Crippen LogP contribution in [0.3, 0.4) is 0 Å². The number of aryl methyl sites for hydroxylation is 1. The Morgan fingerprint density at radius 2 is 1.88 bits per heavy atom. The molecule has 3 N–H and O–H groups in total. The molecule has 0 fully saturated rings. The van der Waals surface area contributed by atoms with Gasteiger partial charge in [-0.05, 0) is 35.2 Å². The summed E-state index contributed by atoms with van der Waals surface area (Å²) in [5.41, 5.74) is 10.4. The van der Waals surface area contributed by atoms with Crippen molar-refractivity contribution in [2.75, 3.05) is 6.61 Å². The van der Waals surface area contributed by atoms with Crippen molar-refractivity contribution >= 4 is 0 Å². The van der Waals surface area contributed by atoms with E-state index in [2.05, 4.69) is 25.1 Å². The third kappa shape index (κ3) is 2.54. The summed E-state index contributed by atoms with van der Waals surface area (Å²) in [6.07, 6.45) is 0. The van der Waals surface area contributed by atoms with Crippen LogP contribution in [-0.4, -0.2) is 11.7 Å². The van der Waals surface area contributed by atoms with Crippen molar-refractivity contribution in [2.24, 2.45) is 5.73 Å². The van der Waals surface area contributed by atoms with E-state index in [0.717, 1.165) is 11.1 Å². The van der Waals surface area contributed by atoms with Crippen LogP contribution in [0.15, 0.2) is 48.5 Å². The highest BCUT2D eigenvalue weighted by atomic mass is 16.3. The fourth-order valence-corrected chi connectivity index (χ4v) is 1.94. The number of hydrogen-bond donors (Lipinski definition) is 2. The zero-order valence-corrected chi connectivity index (χ0v) is 9.93. The molecule has 0 bridgehead atoms. The van der Waals surface area contributed by atoms with E-state index in [9.17, 15) is 0 Å². The maximum Gasteiger partial charge on any atom is 0.0624 e. The normalized spacial score (nSPS) is 12.4. The van der Waals surface area contributed by atoms with Crippen molar-refractivity contribution in [3.05, 3.63) is 59.7 Å². The van der Waals surface area contributed by atoms with Gasteiger partial charge in [0.2, 0.25) is 0 Å². The summed E-state index contributed by atoms with van der Waals surface area (Å²) < 4.78 is 0. The Balaban J connectivity index is 2.43. The summed E-state index contributed by atoms with van der Waals surface area (Å²) in [5, 5.41) is 9.08. The lowest BCUT2D eigenvalue weighted by molar-refractivity contribution is 0.268. The van der Waals surface area contributed by atoms with Crippen molar-refractivity contribution in [2.45, 2.75) is 13.0 Å². The van der Waals surface area contributed by atoms with Crippen LogP contribution >= 0.6 is 0 Å². The lowest BCUT2D eigenvalue weighted by Crippen LogP contribution is -2.14. The van der Waals surface area contributed by atoms with Gasteiger partial charge in [0, 0.05) is 0 Å². The topological polar surface area (TPSA) is 46.2 Å². The predicted octanol–water partition coefficient (Wildman–Crippen LogP) is 2.65. The van der Waals surface area contributed by atoms with E-state index in [1.165, 1.54) is 11.1 Å². The third-order valence-corrected chi connectivity index (χ3v) is 2.97. The summed E-state index contributed by atoms with van der Waals surface area (Å²) in [5.74, 6) is 0. The van der Waals surface area contributed by atoms with E-state index in [-0.39, 0.29) is 12.6 Å². The van der Waals surface area contributed by atoms with E-state index < -0.39 is 0 Å². The minimum Gasteiger partial charge on any atom is -0.394 e. The molecule has 0 aliphatic carbocycles. The van der Waals surface area contributed by atoms with Gasteiger partial charge in [0.15, 0.2) is 0 Å². The first kappa shape index (κ1) is 11.8. The third-order valence-electron chi connectivity index (χ3n) is 2.97. The van der Waals surface area contributed by atoms with Gasteiger partial charge in [-0.3, -0.25) is 0 Å². The van der Waals surface area contributed by atoms with Gasteiger partial charge >= 0.3 is 0 Å². The molecule has 0 spiro atoms. The van der Waals surface area contributed by atoms with E-state index >= 15 is 0 Å². The molecule has 0 aromatic heterocycles. The molecule has 0 unspecified atom stereocenters. The van der Waals surface area contributed by atoms with Crippen molar-refractivity contribution in [3.63, 3.8) is 0 Å². The quantitative estimate of drug-likeness (QED) is 0.846. The molecule has 2 nitrogen and oxygen atoms in total. The summed E-state index contributed by atoms with van der Waals surface area (Å²) in [6.45, 7) is 2.06. The lowest BCUT2D eigenvalue weighted by Gasteiger charge is -2.11. The first-order valence-corrected chi connectivity index (χ1v) is 5.75. The Hall–Kier alpha value is -1.64. The highest BCUT2D eigenvalue weighted by Gasteiger charge is 2.06. The van der Waals surface area contributed by atoms with E-state index in [4.69, 9.17) is 10.8 Å². The maximum atomic E-state index is 9.08. The molecule has 2 rings (SSSR count). The number of benzene rings is 2. The van der Waals surface area contributed by atoms with Crippen LogP contribution in [0.4, 0.5) is 0 Å². The van der Waals surface area contributed by atoms with Crippen LogP contribution in [0.2, 0.25) is 0 Å². The van der Waals surface area contributed by atoms with Crippen LogP contribution in [-0.2, 0) is 0 Å². The minimum atomic E-state index is -0.307. The summed E-state index contributed by atoms with van der Waals surface area (Å²) in [7, 11) is 0. The van der Waals surface area contributed by atoms with Gasteiger partial charge < -0.3 is 10.8 Å². The number of hydrogen-bond acceptors (Lipinski definition) is 2. The summed E-state index contributed by atoms with van der Waals surface area (Å²) in [6, 6.07) is 16.0. The molecule has 88 valence electrons. The largest absolute Gasteiger partial charge is 0.394 e. The van der Waals surface area contributed by atoms with Gasteiger partial charge in [-0.15, -0.1) is 0 Å². The first-order valence-electron chi connectivity index (χ1n) is 5.75.